The van der Waals surface area contributed by atoms with Crippen molar-refractivity contribution in [1.29, 1.82) is 0 Å². The third kappa shape index (κ3) is 4.49. The van der Waals surface area contributed by atoms with Crippen LogP contribution in [0.2, 0.25) is 0 Å². The Kier molecular flexibility index (Phi) is 6.29. The second kappa shape index (κ2) is 8.21. The molecule has 0 heterocycles. The zero-order chi connectivity index (χ0) is 15.8. The Morgan fingerprint density at radius 3 is 2.23 bits per heavy atom. The minimum Gasteiger partial charge on any atom is -0.380 e. The molecule has 0 aliphatic carbocycles. The lowest BCUT2D eigenvalue weighted by molar-refractivity contribution is 0.106. The van der Waals surface area contributed by atoms with Crippen LogP contribution in [0.5, 0.6) is 0 Å². The van der Waals surface area contributed by atoms with Gasteiger partial charge in [0.2, 0.25) is 0 Å². The van der Waals surface area contributed by atoms with Crippen molar-refractivity contribution in [2.45, 2.75) is 43.6 Å². The van der Waals surface area contributed by atoms with Crippen LogP contribution in [0.4, 0.5) is 0 Å². The molecule has 0 aliphatic heterocycles. The molecule has 2 rings (SSSR count). The van der Waals surface area contributed by atoms with E-state index < -0.39 is 5.60 Å². The van der Waals surface area contributed by atoms with Crippen molar-refractivity contribution in [2.24, 2.45) is 0 Å². The van der Waals surface area contributed by atoms with Crippen LogP contribution in [0.1, 0.15) is 38.7 Å². The second-order valence-electron chi connectivity index (χ2n) is 5.56. The molecule has 0 aliphatic rings. The largest absolute Gasteiger partial charge is 0.380 e. The third-order valence-corrected chi connectivity index (χ3v) is 4.97. The number of hydrogen-bond donors (Lipinski definition) is 1. The van der Waals surface area contributed by atoms with Gasteiger partial charge in [0, 0.05) is 9.80 Å². The summed E-state index contributed by atoms with van der Waals surface area (Å²) in [7, 11) is 0. The topological polar surface area (TPSA) is 20.2 Å². The highest BCUT2D eigenvalue weighted by molar-refractivity contribution is 8.03. The maximum atomic E-state index is 11.1. The molecule has 0 spiro atoms. The average Bonchev–Trinajstić information content (AvgIpc) is 2.56. The number of unbranched alkanes of at least 4 members (excludes halogenated alkanes) is 2. The van der Waals surface area contributed by atoms with Gasteiger partial charge < -0.3 is 5.11 Å². The minimum absolute atomic E-state index is 0.932. The molecule has 0 amide bonds. The lowest BCUT2D eigenvalue weighted by Crippen LogP contribution is -2.22. The van der Waals surface area contributed by atoms with Gasteiger partial charge in [-0.25, -0.2) is 0 Å². The molecule has 0 aromatic heterocycles. The van der Waals surface area contributed by atoms with Crippen molar-refractivity contribution < 1.29 is 5.11 Å². The first-order valence-electron chi connectivity index (χ1n) is 7.86. The number of rotatable bonds is 7. The van der Waals surface area contributed by atoms with Crippen LogP contribution in [-0.2, 0) is 5.60 Å². The lowest BCUT2D eigenvalue weighted by atomic mass is 9.95. The first kappa shape index (κ1) is 16.9. The predicted molar refractivity (Wildman–Crippen MR) is 95.9 cm³/mol. The minimum atomic E-state index is -0.963. The summed E-state index contributed by atoms with van der Waals surface area (Å²) in [5.41, 5.74) is -0.0311. The Labute approximate surface area is 138 Å². The normalized spacial score (nSPS) is 14.6. The second-order valence-corrected chi connectivity index (χ2v) is 6.68. The van der Waals surface area contributed by atoms with Crippen LogP contribution in [-0.4, -0.2) is 5.11 Å². The SMILES string of the molecule is CCCC/C=C(\Sc1ccccc1)C(C)(O)c1ccccc1. The standard InChI is InChI=1S/C20H24OS/c1-3-4-7-16-19(22-18-14-10-6-11-15-18)20(2,21)17-12-8-5-9-13-17/h5-6,8-16,21H,3-4,7H2,1-2H3/b19-16-. The molecule has 22 heavy (non-hydrogen) atoms. The number of benzene rings is 2. The van der Waals surface area contributed by atoms with Crippen molar-refractivity contribution in [3.8, 4) is 0 Å². The summed E-state index contributed by atoms with van der Waals surface area (Å²) in [5, 5.41) is 11.1. The van der Waals surface area contributed by atoms with Gasteiger partial charge in [-0.1, -0.05) is 86.1 Å². The zero-order valence-corrected chi connectivity index (χ0v) is 14.1. The fourth-order valence-corrected chi connectivity index (χ4v) is 3.36. The Bertz CT molecular complexity index is 588. The van der Waals surface area contributed by atoms with Gasteiger partial charge in [0.25, 0.3) is 0 Å². The van der Waals surface area contributed by atoms with Gasteiger partial charge in [-0.15, -0.1) is 0 Å². The quantitative estimate of drug-likeness (QED) is 0.518. The maximum absolute atomic E-state index is 11.1. The summed E-state index contributed by atoms with van der Waals surface area (Å²) in [4.78, 5) is 2.15. The van der Waals surface area contributed by atoms with Crippen LogP contribution in [0, 0.1) is 0 Å². The van der Waals surface area contributed by atoms with E-state index in [4.69, 9.17) is 0 Å². The highest BCUT2D eigenvalue weighted by Crippen LogP contribution is 2.40. The van der Waals surface area contributed by atoms with Crippen molar-refractivity contribution in [2.75, 3.05) is 0 Å². The Morgan fingerprint density at radius 2 is 1.64 bits per heavy atom. The molecule has 116 valence electrons. The third-order valence-electron chi connectivity index (χ3n) is 3.67. The maximum Gasteiger partial charge on any atom is 0.118 e. The molecule has 0 saturated carbocycles. The molecule has 0 bridgehead atoms. The van der Waals surface area contributed by atoms with Crippen molar-refractivity contribution in [3.63, 3.8) is 0 Å². The number of aliphatic hydroxyl groups is 1. The lowest BCUT2D eigenvalue weighted by Gasteiger charge is -2.27. The van der Waals surface area contributed by atoms with Gasteiger partial charge in [-0.3, -0.25) is 0 Å². The average molecular weight is 312 g/mol. The highest BCUT2D eigenvalue weighted by Gasteiger charge is 2.28. The molecule has 1 atom stereocenters. The molecule has 1 unspecified atom stereocenters. The number of thioether (sulfide) groups is 1. The molecule has 0 radical (unpaired) electrons. The molecule has 1 nitrogen and oxygen atoms in total. The van der Waals surface area contributed by atoms with Gasteiger partial charge >= 0.3 is 0 Å². The highest BCUT2D eigenvalue weighted by atomic mass is 32.2. The molecular formula is C20H24OS. The zero-order valence-electron chi connectivity index (χ0n) is 13.3. The summed E-state index contributed by atoms with van der Waals surface area (Å²) >= 11 is 1.65. The van der Waals surface area contributed by atoms with Crippen molar-refractivity contribution in [3.05, 3.63) is 77.2 Å². The first-order chi connectivity index (χ1) is 10.6. The number of allylic oxidation sites excluding steroid dienone is 1. The Morgan fingerprint density at radius 1 is 1.05 bits per heavy atom. The van der Waals surface area contributed by atoms with Crippen molar-refractivity contribution in [1.82, 2.24) is 0 Å². The van der Waals surface area contributed by atoms with E-state index >= 15 is 0 Å². The molecule has 0 saturated heterocycles. The van der Waals surface area contributed by atoms with E-state index in [9.17, 15) is 5.11 Å². The van der Waals surface area contributed by atoms with Crippen LogP contribution in [0.3, 0.4) is 0 Å². The van der Waals surface area contributed by atoms with Crippen LogP contribution in [0.15, 0.2) is 76.5 Å². The van der Waals surface area contributed by atoms with E-state index in [0.717, 1.165) is 34.6 Å². The van der Waals surface area contributed by atoms with Crippen LogP contribution < -0.4 is 0 Å². The first-order valence-corrected chi connectivity index (χ1v) is 8.67. The smallest absolute Gasteiger partial charge is 0.118 e. The monoisotopic (exact) mass is 312 g/mol. The van der Waals surface area contributed by atoms with Gasteiger partial charge in [-0.05, 0) is 31.0 Å². The Balaban J connectivity index is 2.29. The fraction of sp³-hybridized carbons (Fsp3) is 0.300. The van der Waals surface area contributed by atoms with E-state index in [1.165, 1.54) is 0 Å². The van der Waals surface area contributed by atoms with Crippen molar-refractivity contribution >= 4 is 11.8 Å². The summed E-state index contributed by atoms with van der Waals surface area (Å²) in [6, 6.07) is 20.1. The molecular weight excluding hydrogens is 288 g/mol. The van der Waals surface area contributed by atoms with E-state index in [-0.39, 0.29) is 0 Å². The van der Waals surface area contributed by atoms with Crippen LogP contribution >= 0.6 is 11.8 Å². The molecule has 2 aromatic rings. The van der Waals surface area contributed by atoms with E-state index in [1.807, 2.05) is 55.5 Å². The Hall–Kier alpha value is -1.51. The molecule has 2 aromatic carbocycles. The number of hydrogen-bond acceptors (Lipinski definition) is 2. The van der Waals surface area contributed by atoms with E-state index in [1.54, 1.807) is 11.8 Å². The summed E-state index contributed by atoms with van der Waals surface area (Å²) in [6.45, 7) is 4.07. The van der Waals surface area contributed by atoms with E-state index in [2.05, 4.69) is 25.1 Å². The van der Waals surface area contributed by atoms with Gasteiger partial charge in [0.05, 0.1) is 0 Å². The van der Waals surface area contributed by atoms with Gasteiger partial charge in [0.1, 0.15) is 5.60 Å². The van der Waals surface area contributed by atoms with E-state index in [0.29, 0.717) is 0 Å². The summed E-state index contributed by atoms with van der Waals surface area (Å²) in [6.07, 6.45) is 5.49. The summed E-state index contributed by atoms with van der Waals surface area (Å²) < 4.78 is 0. The molecule has 1 N–H and O–H groups in total. The van der Waals surface area contributed by atoms with Gasteiger partial charge in [0.15, 0.2) is 0 Å². The summed E-state index contributed by atoms with van der Waals surface area (Å²) in [5.74, 6) is 0. The molecule has 2 heteroatoms. The van der Waals surface area contributed by atoms with Crippen LogP contribution in [0.25, 0.3) is 0 Å². The van der Waals surface area contributed by atoms with Gasteiger partial charge in [-0.2, -0.15) is 0 Å². The molecule has 0 fully saturated rings. The predicted octanol–water partition coefficient (Wildman–Crippen LogP) is 5.76. The fourth-order valence-electron chi connectivity index (χ4n) is 2.30.